The number of nitrogens with zero attached hydrogens (tertiary/aromatic N) is 6. The van der Waals surface area contributed by atoms with Crippen molar-refractivity contribution in [1.29, 1.82) is 0 Å². The Morgan fingerprint density at radius 2 is 2.15 bits per heavy atom. The van der Waals surface area contributed by atoms with Crippen LogP contribution in [0.5, 0.6) is 0 Å². The number of aryl methyl sites for hydroxylation is 1. The molecule has 1 aliphatic rings. The Balaban J connectivity index is 1.73. The monoisotopic (exact) mass is 354 g/mol. The molecule has 0 aromatic carbocycles. The van der Waals surface area contributed by atoms with Crippen LogP contribution in [0.4, 0.5) is 0 Å². The average Bonchev–Trinajstić information content (AvgIpc) is 3.24. The summed E-state index contributed by atoms with van der Waals surface area (Å²) in [5, 5.41) is 13.0. The molecule has 4 rings (SSSR count). The first-order valence-corrected chi connectivity index (χ1v) is 8.86. The fourth-order valence-corrected chi connectivity index (χ4v) is 3.06. The fraction of sp³-hybridized carbons (Fsp3) is 0.500. The van der Waals surface area contributed by atoms with E-state index in [1.165, 1.54) is 0 Å². The van der Waals surface area contributed by atoms with Crippen LogP contribution in [0.1, 0.15) is 66.5 Å². The minimum absolute atomic E-state index is 0.0986. The van der Waals surface area contributed by atoms with Crippen molar-refractivity contribution in [2.75, 3.05) is 7.05 Å². The summed E-state index contributed by atoms with van der Waals surface area (Å²) < 4.78 is 7.26. The number of hydrogen-bond donors (Lipinski definition) is 0. The Morgan fingerprint density at radius 1 is 1.38 bits per heavy atom. The highest BCUT2D eigenvalue weighted by atomic mass is 16.4. The Labute approximate surface area is 151 Å². The van der Waals surface area contributed by atoms with Crippen LogP contribution in [0.25, 0.3) is 11.0 Å². The topological polar surface area (TPSA) is 89.9 Å². The average molecular weight is 354 g/mol. The number of aromatic nitrogens is 5. The number of rotatable bonds is 5. The van der Waals surface area contributed by atoms with Gasteiger partial charge in [-0.1, -0.05) is 0 Å². The molecule has 0 N–H and O–H groups in total. The van der Waals surface area contributed by atoms with Crippen molar-refractivity contribution in [3.63, 3.8) is 0 Å². The minimum atomic E-state index is -0.0986. The van der Waals surface area contributed by atoms with Gasteiger partial charge in [-0.3, -0.25) is 4.79 Å². The molecule has 3 heterocycles. The molecule has 8 heteroatoms. The van der Waals surface area contributed by atoms with E-state index in [0.29, 0.717) is 23.3 Å². The van der Waals surface area contributed by atoms with Crippen LogP contribution in [-0.2, 0) is 6.54 Å². The van der Waals surface area contributed by atoms with E-state index < -0.39 is 0 Å². The normalized spacial score (nSPS) is 14.3. The Kier molecular flexibility index (Phi) is 3.97. The number of fused-ring (bicyclic) bond motifs is 1. The molecule has 0 unspecified atom stereocenters. The van der Waals surface area contributed by atoms with E-state index in [0.717, 1.165) is 29.6 Å². The quantitative estimate of drug-likeness (QED) is 0.700. The number of hydrogen-bond acceptors (Lipinski definition) is 6. The SMILES string of the molecule is Cc1nnc(CN(C)C(=O)c2cc(C3CC3)nc3c2cnn3C(C)C)o1. The van der Waals surface area contributed by atoms with Crippen LogP contribution >= 0.6 is 0 Å². The van der Waals surface area contributed by atoms with Crippen molar-refractivity contribution in [3.8, 4) is 0 Å². The molecule has 3 aromatic rings. The molecule has 1 saturated carbocycles. The first-order valence-electron chi connectivity index (χ1n) is 8.86. The summed E-state index contributed by atoms with van der Waals surface area (Å²) in [6.07, 6.45) is 3.98. The predicted molar refractivity (Wildman–Crippen MR) is 94.7 cm³/mol. The smallest absolute Gasteiger partial charge is 0.254 e. The summed E-state index contributed by atoms with van der Waals surface area (Å²) in [7, 11) is 1.73. The van der Waals surface area contributed by atoms with Gasteiger partial charge in [-0.05, 0) is 32.8 Å². The second-order valence-corrected chi connectivity index (χ2v) is 7.17. The van der Waals surface area contributed by atoms with Crippen molar-refractivity contribution in [2.45, 2.75) is 52.1 Å². The van der Waals surface area contributed by atoms with Gasteiger partial charge in [-0.25, -0.2) is 9.67 Å². The summed E-state index contributed by atoms with van der Waals surface area (Å²) in [6.45, 7) is 6.11. The predicted octanol–water partition coefficient (Wildman–Crippen LogP) is 2.85. The molecular formula is C18H22N6O2. The van der Waals surface area contributed by atoms with Crippen LogP contribution < -0.4 is 0 Å². The minimum Gasteiger partial charge on any atom is -0.424 e. The lowest BCUT2D eigenvalue weighted by atomic mass is 10.1. The summed E-state index contributed by atoms with van der Waals surface area (Å²) in [5.41, 5.74) is 2.38. The molecule has 3 aromatic heterocycles. The molecule has 1 amide bonds. The summed E-state index contributed by atoms with van der Waals surface area (Å²) in [5.74, 6) is 1.26. The maximum atomic E-state index is 13.1. The van der Waals surface area contributed by atoms with Gasteiger partial charge in [0, 0.05) is 31.6 Å². The standard InChI is InChI=1S/C18H22N6O2/c1-10(2)24-17-14(8-19-24)13(7-15(20-17)12-5-6-12)18(25)23(4)9-16-22-21-11(3)26-16/h7-8,10,12H,5-6,9H2,1-4H3. The molecule has 136 valence electrons. The number of carbonyl (C=O) groups excluding carboxylic acids is 1. The molecule has 0 saturated heterocycles. The Bertz CT molecular complexity index is 969. The van der Waals surface area contributed by atoms with Crippen LogP contribution in [-0.4, -0.2) is 42.8 Å². The van der Waals surface area contributed by atoms with Gasteiger partial charge in [0.1, 0.15) is 0 Å². The molecule has 0 radical (unpaired) electrons. The van der Waals surface area contributed by atoms with E-state index in [1.54, 1.807) is 25.1 Å². The third-order valence-electron chi connectivity index (χ3n) is 4.59. The van der Waals surface area contributed by atoms with Gasteiger partial charge in [0.25, 0.3) is 5.91 Å². The van der Waals surface area contributed by atoms with Gasteiger partial charge in [0.05, 0.1) is 23.7 Å². The zero-order valence-electron chi connectivity index (χ0n) is 15.4. The van der Waals surface area contributed by atoms with Crippen LogP contribution in [0.3, 0.4) is 0 Å². The Hall–Kier alpha value is -2.77. The van der Waals surface area contributed by atoms with Gasteiger partial charge in [-0.2, -0.15) is 5.10 Å². The lowest BCUT2D eigenvalue weighted by Gasteiger charge is -2.16. The molecule has 0 bridgehead atoms. The number of amides is 1. The molecule has 0 aliphatic heterocycles. The second-order valence-electron chi connectivity index (χ2n) is 7.17. The van der Waals surface area contributed by atoms with Gasteiger partial charge in [0.2, 0.25) is 11.8 Å². The first-order chi connectivity index (χ1) is 12.4. The van der Waals surface area contributed by atoms with Gasteiger partial charge in [0.15, 0.2) is 5.65 Å². The van der Waals surface area contributed by atoms with Crippen molar-refractivity contribution < 1.29 is 9.21 Å². The molecule has 0 atom stereocenters. The molecule has 1 fully saturated rings. The zero-order valence-corrected chi connectivity index (χ0v) is 15.4. The summed E-state index contributed by atoms with van der Waals surface area (Å²) in [6, 6.07) is 2.10. The Morgan fingerprint density at radius 3 is 2.77 bits per heavy atom. The highest BCUT2D eigenvalue weighted by molar-refractivity contribution is 6.05. The molecule has 0 spiro atoms. The lowest BCUT2D eigenvalue weighted by Crippen LogP contribution is -2.26. The van der Waals surface area contributed by atoms with E-state index in [2.05, 4.69) is 29.1 Å². The van der Waals surface area contributed by atoms with Crippen LogP contribution in [0.2, 0.25) is 0 Å². The summed E-state index contributed by atoms with van der Waals surface area (Å²) in [4.78, 5) is 19.5. The van der Waals surface area contributed by atoms with Crippen molar-refractivity contribution in [1.82, 2.24) is 29.9 Å². The maximum Gasteiger partial charge on any atom is 0.254 e. The second kappa shape index (κ2) is 6.19. The zero-order chi connectivity index (χ0) is 18.4. The van der Waals surface area contributed by atoms with Crippen LogP contribution in [0, 0.1) is 6.92 Å². The van der Waals surface area contributed by atoms with Crippen molar-refractivity contribution in [3.05, 3.63) is 35.3 Å². The third-order valence-corrected chi connectivity index (χ3v) is 4.59. The maximum absolute atomic E-state index is 13.1. The molecular weight excluding hydrogens is 332 g/mol. The van der Waals surface area contributed by atoms with Crippen LogP contribution in [0.15, 0.2) is 16.7 Å². The molecule has 1 aliphatic carbocycles. The molecule has 26 heavy (non-hydrogen) atoms. The molecule has 8 nitrogen and oxygen atoms in total. The van der Waals surface area contributed by atoms with Gasteiger partial charge < -0.3 is 9.32 Å². The highest BCUT2D eigenvalue weighted by Gasteiger charge is 2.29. The fourth-order valence-electron chi connectivity index (χ4n) is 3.06. The third kappa shape index (κ3) is 2.95. The van der Waals surface area contributed by atoms with Crippen molar-refractivity contribution >= 4 is 16.9 Å². The van der Waals surface area contributed by atoms with E-state index in [1.807, 2.05) is 10.7 Å². The van der Waals surface area contributed by atoms with E-state index in [4.69, 9.17) is 9.40 Å². The van der Waals surface area contributed by atoms with Gasteiger partial charge >= 0.3 is 0 Å². The van der Waals surface area contributed by atoms with E-state index in [9.17, 15) is 4.79 Å². The highest BCUT2D eigenvalue weighted by Crippen LogP contribution is 2.40. The van der Waals surface area contributed by atoms with Gasteiger partial charge in [-0.15, -0.1) is 10.2 Å². The van der Waals surface area contributed by atoms with E-state index >= 15 is 0 Å². The first kappa shape index (κ1) is 16.7. The van der Waals surface area contributed by atoms with Crippen molar-refractivity contribution in [2.24, 2.45) is 0 Å². The van der Waals surface area contributed by atoms with E-state index in [-0.39, 0.29) is 18.5 Å². The number of carbonyl (C=O) groups is 1. The largest absolute Gasteiger partial charge is 0.424 e. The summed E-state index contributed by atoms with van der Waals surface area (Å²) >= 11 is 0. The number of pyridine rings is 1. The lowest BCUT2D eigenvalue weighted by molar-refractivity contribution is 0.0774.